The lowest BCUT2D eigenvalue weighted by Gasteiger charge is -2.25. The molecule has 18 heavy (non-hydrogen) atoms. The van der Waals surface area contributed by atoms with E-state index in [0.29, 0.717) is 5.91 Å². The molecule has 1 aromatic carbocycles. The molecule has 1 saturated heterocycles. The molecule has 0 radical (unpaired) electrons. The van der Waals surface area contributed by atoms with Gasteiger partial charge in [-0.05, 0) is 37.3 Å². The Morgan fingerprint density at radius 3 is 2.72 bits per heavy atom. The second kappa shape index (κ2) is 4.09. The standard InChI is InChI=1S/C15H20N2O/c1-3-10-17-13(12-7-5-4-6-11(12)2)16-15(8-9-15)14(17)18/h4-7,13,16H,3,8-10H2,1-2H3. The highest BCUT2D eigenvalue weighted by Gasteiger charge is 2.59. The van der Waals surface area contributed by atoms with Gasteiger partial charge in [0.25, 0.3) is 0 Å². The number of hydrogen-bond acceptors (Lipinski definition) is 2. The average Bonchev–Trinajstić information content (AvgIpc) is 3.09. The molecule has 3 nitrogen and oxygen atoms in total. The number of nitrogens with one attached hydrogen (secondary N) is 1. The van der Waals surface area contributed by atoms with Crippen LogP contribution < -0.4 is 5.32 Å². The lowest BCUT2D eigenvalue weighted by molar-refractivity contribution is -0.130. The Balaban J connectivity index is 1.95. The summed E-state index contributed by atoms with van der Waals surface area (Å²) in [6.45, 7) is 5.08. The van der Waals surface area contributed by atoms with Crippen molar-refractivity contribution in [2.24, 2.45) is 0 Å². The highest BCUT2D eigenvalue weighted by Crippen LogP contribution is 2.46. The first-order chi connectivity index (χ1) is 8.68. The number of carbonyl (C=O) groups is 1. The van der Waals surface area contributed by atoms with Crippen LogP contribution in [-0.4, -0.2) is 22.9 Å². The molecule has 1 unspecified atom stereocenters. The van der Waals surface area contributed by atoms with Gasteiger partial charge in [0.05, 0.1) is 0 Å². The normalized spacial score (nSPS) is 24.9. The SMILES string of the molecule is CCCN1C(=O)C2(CC2)NC1c1ccccc1C. The van der Waals surface area contributed by atoms with Gasteiger partial charge in [-0.3, -0.25) is 10.1 Å². The van der Waals surface area contributed by atoms with Gasteiger partial charge in [0.2, 0.25) is 5.91 Å². The van der Waals surface area contributed by atoms with E-state index in [-0.39, 0.29) is 11.7 Å². The van der Waals surface area contributed by atoms with Crippen molar-refractivity contribution < 1.29 is 4.79 Å². The van der Waals surface area contributed by atoms with Gasteiger partial charge in [-0.25, -0.2) is 0 Å². The molecule has 1 aliphatic carbocycles. The van der Waals surface area contributed by atoms with Gasteiger partial charge >= 0.3 is 0 Å². The molecule has 1 saturated carbocycles. The first-order valence-corrected chi connectivity index (χ1v) is 6.82. The summed E-state index contributed by atoms with van der Waals surface area (Å²) in [6, 6.07) is 8.34. The maximum Gasteiger partial charge on any atom is 0.244 e. The second-order valence-corrected chi connectivity index (χ2v) is 5.48. The smallest absolute Gasteiger partial charge is 0.244 e. The molecule has 0 bridgehead atoms. The zero-order valence-electron chi connectivity index (χ0n) is 11.1. The van der Waals surface area contributed by atoms with E-state index in [4.69, 9.17) is 0 Å². The fourth-order valence-electron chi connectivity index (χ4n) is 2.89. The monoisotopic (exact) mass is 244 g/mol. The summed E-state index contributed by atoms with van der Waals surface area (Å²) in [4.78, 5) is 14.5. The molecule has 1 aromatic rings. The number of nitrogens with zero attached hydrogens (tertiary/aromatic N) is 1. The third-order valence-corrected chi connectivity index (χ3v) is 4.09. The van der Waals surface area contributed by atoms with Gasteiger partial charge in [0, 0.05) is 6.54 Å². The zero-order valence-corrected chi connectivity index (χ0v) is 11.1. The van der Waals surface area contributed by atoms with E-state index < -0.39 is 0 Å². The van der Waals surface area contributed by atoms with Crippen LogP contribution in [-0.2, 0) is 4.79 Å². The van der Waals surface area contributed by atoms with Gasteiger partial charge in [-0.1, -0.05) is 31.2 Å². The molecular weight excluding hydrogens is 224 g/mol. The lowest BCUT2D eigenvalue weighted by atomic mass is 10.1. The number of amides is 1. The lowest BCUT2D eigenvalue weighted by Crippen LogP contribution is -2.32. The summed E-state index contributed by atoms with van der Waals surface area (Å²) in [5, 5.41) is 3.56. The molecule has 1 atom stereocenters. The number of rotatable bonds is 3. The van der Waals surface area contributed by atoms with E-state index in [1.165, 1.54) is 11.1 Å². The molecule has 1 aliphatic heterocycles. The van der Waals surface area contributed by atoms with Gasteiger partial charge in [0.1, 0.15) is 11.7 Å². The molecule has 1 N–H and O–H groups in total. The molecule has 0 aromatic heterocycles. The molecule has 1 amide bonds. The third kappa shape index (κ3) is 1.65. The quantitative estimate of drug-likeness (QED) is 0.885. The number of carbonyl (C=O) groups excluding carboxylic acids is 1. The van der Waals surface area contributed by atoms with E-state index in [2.05, 4.69) is 37.4 Å². The van der Waals surface area contributed by atoms with E-state index in [9.17, 15) is 4.79 Å². The summed E-state index contributed by atoms with van der Waals surface area (Å²) in [5.41, 5.74) is 2.27. The fourth-order valence-corrected chi connectivity index (χ4v) is 2.89. The Hall–Kier alpha value is -1.35. The Morgan fingerprint density at radius 1 is 1.39 bits per heavy atom. The van der Waals surface area contributed by atoms with Crippen LogP contribution in [0.5, 0.6) is 0 Å². The van der Waals surface area contributed by atoms with Crippen molar-refractivity contribution in [2.75, 3.05) is 6.54 Å². The maximum atomic E-state index is 12.4. The van der Waals surface area contributed by atoms with E-state index in [1.54, 1.807) is 0 Å². The van der Waals surface area contributed by atoms with Crippen molar-refractivity contribution in [1.82, 2.24) is 10.2 Å². The molecule has 1 heterocycles. The van der Waals surface area contributed by atoms with E-state index in [0.717, 1.165) is 25.8 Å². The summed E-state index contributed by atoms with van der Waals surface area (Å²) in [7, 11) is 0. The molecular formula is C15H20N2O. The highest BCUT2D eigenvalue weighted by molar-refractivity contribution is 5.92. The molecule has 3 heteroatoms. The van der Waals surface area contributed by atoms with Crippen LogP contribution in [0.25, 0.3) is 0 Å². The largest absolute Gasteiger partial charge is 0.321 e. The van der Waals surface area contributed by atoms with Crippen molar-refractivity contribution in [1.29, 1.82) is 0 Å². The summed E-state index contributed by atoms with van der Waals surface area (Å²) in [6.07, 6.45) is 3.07. The summed E-state index contributed by atoms with van der Waals surface area (Å²) < 4.78 is 0. The van der Waals surface area contributed by atoms with E-state index in [1.807, 2.05) is 11.0 Å². The molecule has 1 spiro atoms. The number of aryl methyl sites for hydroxylation is 1. The van der Waals surface area contributed by atoms with Crippen LogP contribution in [0.4, 0.5) is 0 Å². The first-order valence-electron chi connectivity index (χ1n) is 6.82. The summed E-state index contributed by atoms with van der Waals surface area (Å²) >= 11 is 0. The van der Waals surface area contributed by atoms with Crippen molar-refractivity contribution in [3.63, 3.8) is 0 Å². The van der Waals surface area contributed by atoms with Gasteiger partial charge in [-0.15, -0.1) is 0 Å². The topological polar surface area (TPSA) is 32.3 Å². The van der Waals surface area contributed by atoms with Crippen molar-refractivity contribution in [3.8, 4) is 0 Å². The number of hydrogen-bond donors (Lipinski definition) is 1. The Bertz CT molecular complexity index is 479. The molecule has 2 aliphatic rings. The number of benzene rings is 1. The van der Waals surface area contributed by atoms with Crippen LogP contribution in [0.15, 0.2) is 24.3 Å². The van der Waals surface area contributed by atoms with Crippen LogP contribution in [0.2, 0.25) is 0 Å². The fraction of sp³-hybridized carbons (Fsp3) is 0.533. The van der Waals surface area contributed by atoms with Gasteiger partial charge < -0.3 is 4.90 Å². The van der Waals surface area contributed by atoms with Gasteiger partial charge in [-0.2, -0.15) is 0 Å². The minimum absolute atomic E-state index is 0.0705. The zero-order chi connectivity index (χ0) is 12.8. The van der Waals surface area contributed by atoms with Crippen LogP contribution in [0.1, 0.15) is 43.5 Å². The Morgan fingerprint density at radius 2 is 2.11 bits per heavy atom. The minimum Gasteiger partial charge on any atom is -0.321 e. The predicted octanol–water partition coefficient (Wildman–Crippen LogP) is 2.37. The van der Waals surface area contributed by atoms with Crippen molar-refractivity contribution in [2.45, 2.75) is 44.8 Å². The first kappa shape index (κ1) is 11.7. The van der Waals surface area contributed by atoms with Crippen LogP contribution in [0, 0.1) is 6.92 Å². The minimum atomic E-state index is -0.220. The molecule has 3 rings (SSSR count). The predicted molar refractivity (Wildman–Crippen MR) is 71.0 cm³/mol. The summed E-state index contributed by atoms with van der Waals surface area (Å²) in [5.74, 6) is 0.303. The highest BCUT2D eigenvalue weighted by atomic mass is 16.2. The maximum absolute atomic E-state index is 12.4. The van der Waals surface area contributed by atoms with Gasteiger partial charge in [0.15, 0.2) is 0 Å². The van der Waals surface area contributed by atoms with Crippen molar-refractivity contribution in [3.05, 3.63) is 35.4 Å². The van der Waals surface area contributed by atoms with Crippen LogP contribution >= 0.6 is 0 Å². The van der Waals surface area contributed by atoms with Crippen LogP contribution in [0.3, 0.4) is 0 Å². The Labute approximate surface area is 108 Å². The van der Waals surface area contributed by atoms with Crippen molar-refractivity contribution >= 4 is 5.91 Å². The van der Waals surface area contributed by atoms with E-state index >= 15 is 0 Å². The average molecular weight is 244 g/mol. The third-order valence-electron chi connectivity index (χ3n) is 4.09. The second-order valence-electron chi connectivity index (χ2n) is 5.48. The molecule has 96 valence electrons. The Kier molecular flexibility index (Phi) is 2.67. The molecule has 2 fully saturated rings.